The second-order valence-corrected chi connectivity index (χ2v) is 6.31. The topological polar surface area (TPSA) is 69.8 Å². The number of nitrogens with one attached hydrogen (secondary N) is 3. The van der Waals surface area contributed by atoms with E-state index in [0.717, 1.165) is 25.9 Å². The number of halogens is 1. The molecule has 122 valence electrons. The monoisotopic (exact) mass is 332 g/mol. The van der Waals surface area contributed by atoms with E-state index < -0.39 is 0 Å². The third kappa shape index (κ3) is 4.12. The first kappa shape index (κ1) is 16.0. The van der Waals surface area contributed by atoms with Gasteiger partial charge in [-0.15, -0.1) is 0 Å². The van der Waals surface area contributed by atoms with Crippen LogP contribution >= 0.6 is 11.6 Å². The van der Waals surface area contributed by atoms with E-state index >= 15 is 0 Å². The maximum atomic E-state index is 11.8. The lowest BCUT2D eigenvalue weighted by molar-refractivity contribution is 0.324. The molecule has 1 atom stereocenters. The molecule has 1 aliphatic rings. The SMILES string of the molecule is O=c1[nH]nc(Cl)cc1NCC(c1ccccc1)C1CCNCC1. The van der Waals surface area contributed by atoms with Crippen molar-refractivity contribution in [1.82, 2.24) is 15.5 Å². The second kappa shape index (κ2) is 7.62. The van der Waals surface area contributed by atoms with Gasteiger partial charge in [0.2, 0.25) is 0 Å². The molecule has 1 unspecified atom stereocenters. The maximum Gasteiger partial charge on any atom is 0.287 e. The summed E-state index contributed by atoms with van der Waals surface area (Å²) in [6.45, 7) is 2.81. The Morgan fingerprint density at radius 3 is 2.74 bits per heavy atom. The highest BCUT2D eigenvalue weighted by Gasteiger charge is 2.25. The van der Waals surface area contributed by atoms with Crippen LogP contribution in [0.3, 0.4) is 0 Å². The molecule has 23 heavy (non-hydrogen) atoms. The predicted molar refractivity (Wildman–Crippen MR) is 93.1 cm³/mol. The lowest BCUT2D eigenvalue weighted by Gasteiger charge is -2.31. The van der Waals surface area contributed by atoms with Crippen LogP contribution < -0.4 is 16.2 Å². The molecule has 1 aromatic carbocycles. The molecule has 6 heteroatoms. The Morgan fingerprint density at radius 2 is 2.00 bits per heavy atom. The molecule has 0 spiro atoms. The molecule has 3 rings (SSSR count). The van der Waals surface area contributed by atoms with E-state index in [1.807, 2.05) is 6.07 Å². The zero-order valence-corrected chi connectivity index (χ0v) is 13.6. The minimum absolute atomic E-state index is 0.244. The molecule has 3 N–H and O–H groups in total. The van der Waals surface area contributed by atoms with Gasteiger partial charge in [-0.3, -0.25) is 4.79 Å². The molecule has 0 radical (unpaired) electrons. The molecule has 1 aliphatic heterocycles. The van der Waals surface area contributed by atoms with Gasteiger partial charge in [0.1, 0.15) is 5.69 Å². The second-order valence-electron chi connectivity index (χ2n) is 5.92. The molecule has 0 bridgehead atoms. The molecule has 1 fully saturated rings. The summed E-state index contributed by atoms with van der Waals surface area (Å²) in [6, 6.07) is 12.1. The Labute approximate surface area is 140 Å². The van der Waals surface area contributed by atoms with Crippen LogP contribution in [0.1, 0.15) is 24.3 Å². The van der Waals surface area contributed by atoms with Crippen LogP contribution in [0.4, 0.5) is 5.69 Å². The molecular weight excluding hydrogens is 312 g/mol. The van der Waals surface area contributed by atoms with Crippen LogP contribution in [0.25, 0.3) is 0 Å². The van der Waals surface area contributed by atoms with Crippen LogP contribution in [0.2, 0.25) is 5.15 Å². The Bertz CT molecular complexity index is 682. The van der Waals surface area contributed by atoms with E-state index in [-0.39, 0.29) is 10.7 Å². The molecule has 0 aliphatic carbocycles. The summed E-state index contributed by atoms with van der Waals surface area (Å²) in [5.41, 5.74) is 1.54. The number of benzene rings is 1. The van der Waals surface area contributed by atoms with E-state index in [2.05, 4.69) is 45.1 Å². The van der Waals surface area contributed by atoms with Crippen molar-refractivity contribution in [3.63, 3.8) is 0 Å². The van der Waals surface area contributed by atoms with Gasteiger partial charge in [-0.25, -0.2) is 5.10 Å². The van der Waals surface area contributed by atoms with E-state index in [9.17, 15) is 4.79 Å². The first-order valence-electron chi connectivity index (χ1n) is 7.99. The van der Waals surface area contributed by atoms with Crippen molar-refractivity contribution < 1.29 is 0 Å². The van der Waals surface area contributed by atoms with Gasteiger partial charge in [-0.05, 0) is 37.4 Å². The van der Waals surface area contributed by atoms with Crippen molar-refractivity contribution in [1.29, 1.82) is 0 Å². The van der Waals surface area contributed by atoms with Gasteiger partial charge in [0, 0.05) is 18.5 Å². The van der Waals surface area contributed by atoms with Crippen LogP contribution in [0, 0.1) is 5.92 Å². The molecule has 2 aromatic rings. The van der Waals surface area contributed by atoms with Crippen molar-refractivity contribution in [2.75, 3.05) is 25.0 Å². The van der Waals surface area contributed by atoms with Crippen LogP contribution in [-0.2, 0) is 0 Å². The maximum absolute atomic E-state index is 11.8. The van der Waals surface area contributed by atoms with Gasteiger partial charge in [-0.2, -0.15) is 5.10 Å². The van der Waals surface area contributed by atoms with Gasteiger partial charge in [-0.1, -0.05) is 41.9 Å². The Morgan fingerprint density at radius 1 is 1.26 bits per heavy atom. The number of rotatable bonds is 5. The molecule has 1 saturated heterocycles. The van der Waals surface area contributed by atoms with Crippen molar-refractivity contribution in [2.24, 2.45) is 5.92 Å². The zero-order chi connectivity index (χ0) is 16.1. The average Bonchev–Trinajstić information content (AvgIpc) is 2.60. The summed E-state index contributed by atoms with van der Waals surface area (Å²) in [5, 5.41) is 13.0. The number of anilines is 1. The van der Waals surface area contributed by atoms with Gasteiger partial charge in [0.25, 0.3) is 5.56 Å². The smallest absolute Gasteiger partial charge is 0.287 e. The number of H-pyrrole nitrogens is 1. The minimum Gasteiger partial charge on any atom is -0.380 e. The zero-order valence-electron chi connectivity index (χ0n) is 12.9. The van der Waals surface area contributed by atoms with E-state index in [0.29, 0.717) is 24.1 Å². The molecule has 5 nitrogen and oxygen atoms in total. The standard InChI is InChI=1S/C17H21ClN4O/c18-16-10-15(17(23)22-21-16)20-11-14(12-4-2-1-3-5-12)13-6-8-19-9-7-13/h1-5,10,13-14,19H,6-9,11H2,(H,20,21)(H,22,23). The van der Waals surface area contributed by atoms with Crippen LogP contribution in [0.15, 0.2) is 41.2 Å². The normalized spacial score (nSPS) is 16.9. The molecule has 2 heterocycles. The van der Waals surface area contributed by atoms with Gasteiger partial charge in [0.15, 0.2) is 5.15 Å². The largest absolute Gasteiger partial charge is 0.380 e. The summed E-state index contributed by atoms with van der Waals surface area (Å²) >= 11 is 5.87. The number of aromatic nitrogens is 2. The Kier molecular flexibility index (Phi) is 5.31. The number of hydrogen-bond donors (Lipinski definition) is 3. The van der Waals surface area contributed by atoms with Crippen molar-refractivity contribution in [3.05, 3.63) is 57.5 Å². The summed E-state index contributed by atoms with van der Waals surface area (Å²) in [7, 11) is 0. The molecule has 0 amide bonds. The lowest BCUT2D eigenvalue weighted by atomic mass is 9.80. The third-order valence-corrected chi connectivity index (χ3v) is 4.66. The Balaban J connectivity index is 1.78. The van der Waals surface area contributed by atoms with Crippen LogP contribution in [0.5, 0.6) is 0 Å². The lowest BCUT2D eigenvalue weighted by Crippen LogP contribution is -2.33. The summed E-state index contributed by atoms with van der Waals surface area (Å²) in [5.74, 6) is 0.965. The van der Waals surface area contributed by atoms with Gasteiger partial charge in [0.05, 0.1) is 0 Å². The highest BCUT2D eigenvalue weighted by molar-refractivity contribution is 6.29. The quantitative estimate of drug-likeness (QED) is 0.787. The van der Waals surface area contributed by atoms with Gasteiger partial charge < -0.3 is 10.6 Å². The highest BCUT2D eigenvalue weighted by Crippen LogP contribution is 2.31. The Hall–Kier alpha value is -1.85. The van der Waals surface area contributed by atoms with Crippen molar-refractivity contribution in [2.45, 2.75) is 18.8 Å². The third-order valence-electron chi connectivity index (χ3n) is 4.47. The first-order valence-corrected chi connectivity index (χ1v) is 8.36. The fourth-order valence-electron chi connectivity index (χ4n) is 3.24. The molecular formula is C17H21ClN4O. The van der Waals surface area contributed by atoms with E-state index in [1.165, 1.54) is 5.56 Å². The fourth-order valence-corrected chi connectivity index (χ4v) is 3.39. The highest BCUT2D eigenvalue weighted by atomic mass is 35.5. The number of hydrogen-bond acceptors (Lipinski definition) is 4. The fraction of sp³-hybridized carbons (Fsp3) is 0.412. The predicted octanol–water partition coefficient (Wildman–Crippen LogP) is 2.62. The van der Waals surface area contributed by atoms with Gasteiger partial charge >= 0.3 is 0 Å². The minimum atomic E-state index is -0.244. The molecule has 0 saturated carbocycles. The first-order chi connectivity index (χ1) is 11.2. The van der Waals surface area contributed by atoms with Crippen LogP contribution in [-0.4, -0.2) is 29.8 Å². The van der Waals surface area contributed by atoms with E-state index in [1.54, 1.807) is 6.07 Å². The number of nitrogens with zero attached hydrogens (tertiary/aromatic N) is 1. The summed E-state index contributed by atoms with van der Waals surface area (Å²) in [4.78, 5) is 11.8. The van der Waals surface area contributed by atoms with Crippen molar-refractivity contribution in [3.8, 4) is 0 Å². The van der Waals surface area contributed by atoms with E-state index in [4.69, 9.17) is 11.6 Å². The average molecular weight is 333 g/mol. The molecule has 1 aromatic heterocycles. The van der Waals surface area contributed by atoms with Crippen molar-refractivity contribution >= 4 is 17.3 Å². The summed E-state index contributed by atoms with van der Waals surface area (Å²) < 4.78 is 0. The number of piperidine rings is 1. The number of aromatic amines is 1. The summed E-state index contributed by atoms with van der Waals surface area (Å²) in [6.07, 6.45) is 2.30.